The Morgan fingerprint density at radius 1 is 1.28 bits per heavy atom. The first-order valence-corrected chi connectivity index (χ1v) is 6.31. The third-order valence-electron chi connectivity index (χ3n) is 3.43. The third kappa shape index (κ3) is 2.97. The zero-order valence-corrected chi connectivity index (χ0v) is 10.9. The summed E-state index contributed by atoms with van der Waals surface area (Å²) in [5, 5.41) is 3.42. The van der Waals surface area contributed by atoms with Gasteiger partial charge >= 0.3 is 5.97 Å². The van der Waals surface area contributed by atoms with Crippen LogP contribution in [0.3, 0.4) is 0 Å². The van der Waals surface area contributed by atoms with Gasteiger partial charge in [0.25, 0.3) is 0 Å². The number of carbonyl (C=O) groups is 1. The van der Waals surface area contributed by atoms with E-state index in [9.17, 15) is 4.79 Å². The van der Waals surface area contributed by atoms with Crippen LogP contribution in [0.15, 0.2) is 12.4 Å². The summed E-state index contributed by atoms with van der Waals surface area (Å²) in [4.78, 5) is 19.5. The van der Waals surface area contributed by atoms with Crippen molar-refractivity contribution in [1.29, 1.82) is 0 Å². The van der Waals surface area contributed by atoms with Crippen LogP contribution in [0.25, 0.3) is 0 Å². The molecule has 1 N–H and O–H groups in total. The minimum absolute atomic E-state index is 0.0969. The zero-order valence-electron chi connectivity index (χ0n) is 10.9. The summed E-state index contributed by atoms with van der Waals surface area (Å²) in [5.74, 6) is 0.255. The van der Waals surface area contributed by atoms with Gasteiger partial charge in [-0.2, -0.15) is 0 Å². The number of ether oxygens (including phenoxy) is 1. The smallest absolute Gasteiger partial charge is 0.358 e. The molecule has 1 saturated carbocycles. The molecule has 18 heavy (non-hydrogen) atoms. The van der Waals surface area contributed by atoms with Gasteiger partial charge in [0, 0.05) is 5.54 Å². The Morgan fingerprint density at radius 3 is 2.56 bits per heavy atom. The number of anilines is 1. The normalized spacial score (nSPS) is 18.1. The number of aromatic nitrogens is 2. The number of hydrogen-bond donors (Lipinski definition) is 1. The van der Waals surface area contributed by atoms with Crippen molar-refractivity contribution < 1.29 is 9.53 Å². The zero-order chi connectivity index (χ0) is 13.0. The molecule has 0 aliphatic heterocycles. The van der Waals surface area contributed by atoms with E-state index in [2.05, 4.69) is 26.9 Å². The van der Waals surface area contributed by atoms with Gasteiger partial charge in [0.1, 0.15) is 5.82 Å². The Bertz CT molecular complexity index is 411. The lowest BCUT2D eigenvalue weighted by molar-refractivity contribution is 0.0593. The fraction of sp³-hybridized carbons (Fsp3) is 0.615. The van der Waals surface area contributed by atoms with Gasteiger partial charge in [-0.25, -0.2) is 14.8 Å². The lowest BCUT2D eigenvalue weighted by Crippen LogP contribution is -2.37. The molecule has 1 aromatic rings. The lowest BCUT2D eigenvalue weighted by atomic mass is 9.83. The van der Waals surface area contributed by atoms with Gasteiger partial charge in [0.15, 0.2) is 5.69 Å². The van der Waals surface area contributed by atoms with Crippen LogP contribution >= 0.6 is 0 Å². The molecule has 0 unspecified atom stereocenters. The molecular formula is C13H19N3O2. The van der Waals surface area contributed by atoms with Crippen molar-refractivity contribution in [2.45, 2.75) is 44.6 Å². The molecule has 5 heteroatoms. The van der Waals surface area contributed by atoms with E-state index in [1.54, 1.807) is 6.20 Å². The van der Waals surface area contributed by atoms with Crippen molar-refractivity contribution >= 4 is 11.8 Å². The monoisotopic (exact) mass is 249 g/mol. The molecule has 1 aliphatic carbocycles. The molecule has 0 amide bonds. The summed E-state index contributed by atoms with van der Waals surface area (Å²) in [5.41, 5.74) is 0.330. The maximum atomic E-state index is 11.2. The second kappa shape index (κ2) is 5.33. The molecule has 1 heterocycles. The highest BCUT2D eigenvalue weighted by molar-refractivity contribution is 5.86. The van der Waals surface area contributed by atoms with Crippen molar-refractivity contribution in [3.05, 3.63) is 18.1 Å². The molecule has 0 spiro atoms. The lowest BCUT2D eigenvalue weighted by Gasteiger charge is -2.34. The average Bonchev–Trinajstić information content (AvgIpc) is 2.39. The molecule has 0 bridgehead atoms. The van der Waals surface area contributed by atoms with Crippen LogP contribution in [-0.2, 0) is 4.74 Å². The van der Waals surface area contributed by atoms with E-state index in [0.717, 1.165) is 12.8 Å². The van der Waals surface area contributed by atoms with E-state index in [4.69, 9.17) is 0 Å². The topological polar surface area (TPSA) is 64.1 Å². The molecule has 0 atom stereocenters. The van der Waals surface area contributed by atoms with Crippen molar-refractivity contribution in [3.8, 4) is 0 Å². The highest BCUT2D eigenvalue weighted by Crippen LogP contribution is 2.30. The van der Waals surface area contributed by atoms with E-state index >= 15 is 0 Å². The summed E-state index contributed by atoms with van der Waals surface area (Å²) in [7, 11) is 1.33. The highest BCUT2D eigenvalue weighted by Gasteiger charge is 2.26. The van der Waals surface area contributed by atoms with E-state index in [1.807, 2.05) is 0 Å². The summed E-state index contributed by atoms with van der Waals surface area (Å²) in [6, 6.07) is 0. The summed E-state index contributed by atoms with van der Waals surface area (Å²) in [6.07, 6.45) is 9.13. The predicted octanol–water partition coefficient (Wildman–Crippen LogP) is 2.40. The average molecular weight is 249 g/mol. The van der Waals surface area contributed by atoms with Gasteiger partial charge in [-0.05, 0) is 19.8 Å². The molecule has 2 rings (SSSR count). The van der Waals surface area contributed by atoms with Gasteiger partial charge in [-0.15, -0.1) is 0 Å². The quantitative estimate of drug-likeness (QED) is 0.833. The van der Waals surface area contributed by atoms with Gasteiger partial charge < -0.3 is 10.1 Å². The largest absolute Gasteiger partial charge is 0.464 e. The van der Waals surface area contributed by atoms with Crippen LogP contribution < -0.4 is 5.32 Å². The van der Waals surface area contributed by atoms with Crippen molar-refractivity contribution in [3.63, 3.8) is 0 Å². The molecule has 5 nitrogen and oxygen atoms in total. The maximum Gasteiger partial charge on any atom is 0.358 e. The second-order valence-electron chi connectivity index (χ2n) is 5.02. The number of carbonyl (C=O) groups excluding carboxylic acids is 1. The Balaban J connectivity index is 2.03. The molecule has 0 saturated heterocycles. The van der Waals surface area contributed by atoms with Gasteiger partial charge in [-0.3, -0.25) is 0 Å². The van der Waals surface area contributed by atoms with E-state index in [-0.39, 0.29) is 11.2 Å². The highest BCUT2D eigenvalue weighted by atomic mass is 16.5. The second-order valence-corrected chi connectivity index (χ2v) is 5.02. The Kier molecular flexibility index (Phi) is 3.79. The van der Waals surface area contributed by atoms with Crippen LogP contribution in [-0.4, -0.2) is 28.6 Å². The Labute approximate surface area is 107 Å². The summed E-state index contributed by atoms with van der Waals surface area (Å²) >= 11 is 0. The van der Waals surface area contributed by atoms with E-state index < -0.39 is 5.97 Å². The molecule has 1 fully saturated rings. The van der Waals surface area contributed by atoms with Crippen molar-refractivity contribution in [2.75, 3.05) is 12.4 Å². The number of rotatable bonds is 3. The van der Waals surface area contributed by atoms with Gasteiger partial charge in [-0.1, -0.05) is 19.3 Å². The number of methoxy groups -OCH3 is 1. The molecule has 98 valence electrons. The van der Waals surface area contributed by atoms with Crippen LogP contribution in [0.1, 0.15) is 49.5 Å². The fourth-order valence-corrected chi connectivity index (χ4v) is 2.37. The minimum Gasteiger partial charge on any atom is -0.464 e. The fourth-order valence-electron chi connectivity index (χ4n) is 2.37. The molecule has 0 radical (unpaired) electrons. The first-order valence-electron chi connectivity index (χ1n) is 6.31. The predicted molar refractivity (Wildman–Crippen MR) is 68.5 cm³/mol. The van der Waals surface area contributed by atoms with Crippen LogP contribution in [0.4, 0.5) is 5.82 Å². The number of nitrogens with zero attached hydrogens (tertiary/aromatic N) is 2. The van der Waals surface area contributed by atoms with Gasteiger partial charge in [0.05, 0.1) is 19.5 Å². The first kappa shape index (κ1) is 12.8. The first-order chi connectivity index (χ1) is 8.63. The van der Waals surface area contributed by atoms with Crippen LogP contribution in [0, 0.1) is 0 Å². The summed E-state index contributed by atoms with van der Waals surface area (Å²) < 4.78 is 4.58. The van der Waals surface area contributed by atoms with Crippen molar-refractivity contribution in [2.24, 2.45) is 0 Å². The van der Waals surface area contributed by atoms with Crippen LogP contribution in [0.2, 0.25) is 0 Å². The molecule has 0 aromatic carbocycles. The maximum absolute atomic E-state index is 11.2. The Hall–Kier alpha value is -1.65. The van der Waals surface area contributed by atoms with Crippen molar-refractivity contribution in [1.82, 2.24) is 9.97 Å². The summed E-state index contributed by atoms with van der Waals surface area (Å²) in [6.45, 7) is 2.21. The Morgan fingerprint density at radius 2 is 2.00 bits per heavy atom. The van der Waals surface area contributed by atoms with Crippen LogP contribution in [0.5, 0.6) is 0 Å². The number of esters is 1. The number of hydrogen-bond acceptors (Lipinski definition) is 5. The van der Waals surface area contributed by atoms with Gasteiger partial charge in [0.2, 0.25) is 0 Å². The molecule has 1 aliphatic rings. The third-order valence-corrected chi connectivity index (χ3v) is 3.43. The van der Waals surface area contributed by atoms with E-state index in [1.165, 1.54) is 32.6 Å². The standard InChI is InChI=1S/C13H19N3O2/c1-13(6-4-3-5-7-13)16-11-9-14-10(8-15-11)12(17)18-2/h8-9H,3-7H2,1-2H3,(H,15,16). The van der Waals surface area contributed by atoms with E-state index in [0.29, 0.717) is 5.82 Å². The number of nitrogens with one attached hydrogen (secondary N) is 1. The molecule has 1 aromatic heterocycles. The minimum atomic E-state index is -0.460. The SMILES string of the molecule is COC(=O)c1cnc(NC2(C)CCCCC2)cn1. The molecular weight excluding hydrogens is 230 g/mol.